The Morgan fingerprint density at radius 3 is 2.85 bits per heavy atom. The molecule has 0 radical (unpaired) electrons. The number of carbonyl (C=O) groups excluding carboxylic acids is 1. The first-order valence-corrected chi connectivity index (χ1v) is 6.31. The van der Waals surface area contributed by atoms with Gasteiger partial charge in [-0.05, 0) is 26.0 Å². The van der Waals surface area contributed by atoms with Crippen molar-refractivity contribution in [1.82, 2.24) is 20.0 Å². The number of nitrogens with one attached hydrogen (secondary N) is 2. The highest BCUT2D eigenvalue weighted by Crippen LogP contribution is 2.20. The van der Waals surface area contributed by atoms with Crippen LogP contribution < -0.4 is 5.32 Å². The zero-order chi connectivity index (χ0) is 14.3. The summed E-state index contributed by atoms with van der Waals surface area (Å²) in [4.78, 5) is 12.3. The molecular formula is C14H15N5O. The molecular weight excluding hydrogens is 254 g/mol. The largest absolute Gasteiger partial charge is 0.319 e. The predicted molar refractivity (Wildman–Crippen MR) is 76.7 cm³/mol. The summed E-state index contributed by atoms with van der Waals surface area (Å²) in [5.74, 6) is -0.152. The van der Waals surface area contributed by atoms with Crippen LogP contribution >= 0.6 is 0 Å². The fourth-order valence-corrected chi connectivity index (χ4v) is 2.22. The van der Waals surface area contributed by atoms with Crippen LogP contribution in [-0.4, -0.2) is 25.9 Å². The molecule has 6 heteroatoms. The van der Waals surface area contributed by atoms with Crippen LogP contribution in [0.3, 0.4) is 0 Å². The minimum absolute atomic E-state index is 0.152. The molecule has 1 aromatic carbocycles. The van der Waals surface area contributed by atoms with E-state index >= 15 is 0 Å². The summed E-state index contributed by atoms with van der Waals surface area (Å²) < 4.78 is 1.75. The minimum atomic E-state index is -0.152. The number of anilines is 1. The molecule has 0 spiro atoms. The van der Waals surface area contributed by atoms with Crippen molar-refractivity contribution in [2.45, 2.75) is 13.8 Å². The van der Waals surface area contributed by atoms with Crippen LogP contribution in [0, 0.1) is 13.8 Å². The Morgan fingerprint density at radius 2 is 2.15 bits per heavy atom. The lowest BCUT2D eigenvalue weighted by atomic mass is 10.1. The van der Waals surface area contributed by atoms with E-state index in [1.165, 1.54) is 0 Å². The number of nitrogens with zero attached hydrogens (tertiary/aromatic N) is 3. The number of hydrogen-bond acceptors (Lipinski definition) is 3. The number of aromatic nitrogens is 4. The number of rotatable bonds is 2. The summed E-state index contributed by atoms with van der Waals surface area (Å²) in [6, 6.07) is 5.45. The summed E-state index contributed by atoms with van der Waals surface area (Å²) >= 11 is 0. The molecule has 2 N–H and O–H groups in total. The molecule has 0 bridgehead atoms. The van der Waals surface area contributed by atoms with Crippen LogP contribution in [-0.2, 0) is 7.05 Å². The molecule has 2 aromatic heterocycles. The zero-order valence-corrected chi connectivity index (χ0v) is 11.6. The second kappa shape index (κ2) is 4.48. The first-order chi connectivity index (χ1) is 9.56. The molecule has 0 unspecified atom stereocenters. The first-order valence-electron chi connectivity index (χ1n) is 6.31. The Labute approximate surface area is 115 Å². The second-order valence-electron chi connectivity index (χ2n) is 4.80. The van der Waals surface area contributed by atoms with Crippen molar-refractivity contribution in [3.05, 3.63) is 41.3 Å². The highest BCUT2D eigenvalue weighted by atomic mass is 16.1. The van der Waals surface area contributed by atoms with Gasteiger partial charge >= 0.3 is 0 Å². The Balaban J connectivity index is 1.92. The third-order valence-electron chi connectivity index (χ3n) is 3.45. The average molecular weight is 269 g/mol. The number of fused-ring (bicyclic) bond motifs is 1. The van der Waals surface area contributed by atoms with E-state index in [2.05, 4.69) is 20.6 Å². The van der Waals surface area contributed by atoms with E-state index in [0.717, 1.165) is 28.0 Å². The Bertz CT molecular complexity index is 799. The van der Waals surface area contributed by atoms with Crippen molar-refractivity contribution >= 4 is 22.5 Å². The fourth-order valence-electron chi connectivity index (χ4n) is 2.22. The number of benzene rings is 1. The van der Waals surface area contributed by atoms with Crippen LogP contribution in [0.15, 0.2) is 24.4 Å². The normalized spacial score (nSPS) is 10.9. The topological polar surface area (TPSA) is 75.6 Å². The molecule has 0 fully saturated rings. The molecule has 20 heavy (non-hydrogen) atoms. The molecule has 6 nitrogen and oxygen atoms in total. The molecule has 0 atom stereocenters. The van der Waals surface area contributed by atoms with Gasteiger partial charge in [-0.25, -0.2) is 0 Å². The predicted octanol–water partition coefficient (Wildman–Crippen LogP) is 2.17. The SMILES string of the molecule is Cc1nn(C)c(C)c1NC(=O)c1ccc2cn[nH]c2c1. The first kappa shape index (κ1) is 12.4. The maximum absolute atomic E-state index is 12.3. The summed E-state index contributed by atoms with van der Waals surface area (Å²) in [6.45, 7) is 3.80. The van der Waals surface area contributed by atoms with Gasteiger partial charge in [0.2, 0.25) is 0 Å². The lowest BCUT2D eigenvalue weighted by Crippen LogP contribution is -2.13. The van der Waals surface area contributed by atoms with Gasteiger partial charge in [-0.15, -0.1) is 0 Å². The van der Waals surface area contributed by atoms with Crippen molar-refractivity contribution in [3.8, 4) is 0 Å². The third kappa shape index (κ3) is 1.95. The van der Waals surface area contributed by atoms with Gasteiger partial charge in [0.25, 0.3) is 5.91 Å². The summed E-state index contributed by atoms with van der Waals surface area (Å²) in [7, 11) is 1.86. The monoisotopic (exact) mass is 269 g/mol. The van der Waals surface area contributed by atoms with Gasteiger partial charge in [0.1, 0.15) is 0 Å². The molecule has 0 aliphatic heterocycles. The molecule has 2 heterocycles. The highest BCUT2D eigenvalue weighted by molar-refractivity contribution is 6.06. The fraction of sp³-hybridized carbons (Fsp3) is 0.214. The number of hydrogen-bond donors (Lipinski definition) is 2. The standard InChI is InChI=1S/C14H15N5O/c1-8-13(9(2)19(3)18-8)16-14(20)10-4-5-11-7-15-17-12(11)6-10/h4-7H,1-3H3,(H,15,17)(H,16,20). The van der Waals surface area contributed by atoms with Crippen LogP contribution in [0.25, 0.3) is 10.9 Å². The Morgan fingerprint density at radius 1 is 1.35 bits per heavy atom. The molecule has 0 aliphatic rings. The molecule has 0 saturated heterocycles. The van der Waals surface area contributed by atoms with Gasteiger partial charge in [0.15, 0.2) is 0 Å². The maximum Gasteiger partial charge on any atom is 0.255 e. The van der Waals surface area contributed by atoms with E-state index in [1.54, 1.807) is 23.0 Å². The summed E-state index contributed by atoms with van der Waals surface area (Å²) in [6.07, 6.45) is 1.73. The van der Waals surface area contributed by atoms with Crippen LogP contribution in [0.2, 0.25) is 0 Å². The minimum Gasteiger partial charge on any atom is -0.319 e. The van der Waals surface area contributed by atoms with Crippen molar-refractivity contribution in [3.63, 3.8) is 0 Å². The van der Waals surface area contributed by atoms with Crippen LogP contribution in [0.1, 0.15) is 21.7 Å². The van der Waals surface area contributed by atoms with E-state index in [0.29, 0.717) is 5.56 Å². The van der Waals surface area contributed by atoms with Gasteiger partial charge in [-0.3, -0.25) is 14.6 Å². The number of aromatic amines is 1. The number of carbonyl (C=O) groups is 1. The van der Waals surface area contributed by atoms with Gasteiger partial charge in [-0.1, -0.05) is 6.07 Å². The number of amides is 1. The van der Waals surface area contributed by atoms with E-state index in [1.807, 2.05) is 27.0 Å². The van der Waals surface area contributed by atoms with Crippen LogP contribution in [0.5, 0.6) is 0 Å². The van der Waals surface area contributed by atoms with Crippen molar-refractivity contribution < 1.29 is 4.79 Å². The molecule has 0 aliphatic carbocycles. The quantitative estimate of drug-likeness (QED) is 0.748. The lowest BCUT2D eigenvalue weighted by molar-refractivity contribution is 0.102. The van der Waals surface area contributed by atoms with Gasteiger partial charge in [-0.2, -0.15) is 10.2 Å². The molecule has 3 rings (SSSR count). The van der Waals surface area contributed by atoms with Crippen molar-refractivity contribution in [2.75, 3.05) is 5.32 Å². The number of aryl methyl sites for hydroxylation is 2. The average Bonchev–Trinajstić information content (AvgIpc) is 2.98. The van der Waals surface area contributed by atoms with E-state index in [-0.39, 0.29) is 5.91 Å². The smallest absolute Gasteiger partial charge is 0.255 e. The molecule has 0 saturated carbocycles. The Kier molecular flexibility index (Phi) is 2.78. The third-order valence-corrected chi connectivity index (χ3v) is 3.45. The van der Waals surface area contributed by atoms with E-state index in [4.69, 9.17) is 0 Å². The molecule has 3 aromatic rings. The molecule has 102 valence electrons. The summed E-state index contributed by atoms with van der Waals surface area (Å²) in [5.41, 5.74) is 3.93. The summed E-state index contributed by atoms with van der Waals surface area (Å²) in [5, 5.41) is 15.0. The van der Waals surface area contributed by atoms with Crippen LogP contribution in [0.4, 0.5) is 5.69 Å². The van der Waals surface area contributed by atoms with Gasteiger partial charge in [0, 0.05) is 18.0 Å². The number of H-pyrrole nitrogens is 1. The molecule has 1 amide bonds. The highest BCUT2D eigenvalue weighted by Gasteiger charge is 2.14. The Hall–Kier alpha value is -2.63. The van der Waals surface area contributed by atoms with Crippen molar-refractivity contribution in [2.24, 2.45) is 7.05 Å². The maximum atomic E-state index is 12.3. The van der Waals surface area contributed by atoms with E-state index in [9.17, 15) is 4.79 Å². The second-order valence-corrected chi connectivity index (χ2v) is 4.80. The van der Waals surface area contributed by atoms with Gasteiger partial charge in [0.05, 0.1) is 28.8 Å². The zero-order valence-electron chi connectivity index (χ0n) is 11.6. The van der Waals surface area contributed by atoms with Crippen molar-refractivity contribution in [1.29, 1.82) is 0 Å². The lowest BCUT2D eigenvalue weighted by Gasteiger charge is -2.05. The van der Waals surface area contributed by atoms with Gasteiger partial charge < -0.3 is 5.32 Å². The van der Waals surface area contributed by atoms with E-state index < -0.39 is 0 Å².